The van der Waals surface area contributed by atoms with Crippen LogP contribution in [0, 0.1) is 19.7 Å². The molecule has 196 valence electrons. The summed E-state index contributed by atoms with van der Waals surface area (Å²) in [6.07, 6.45) is 2.72. The molecule has 39 heavy (non-hydrogen) atoms. The molecular weight excluding hydrogens is 489 g/mol. The Hall–Kier alpha value is -4.65. The van der Waals surface area contributed by atoms with Crippen molar-refractivity contribution < 1.29 is 9.18 Å². The maximum absolute atomic E-state index is 14.1. The number of aryl methyl sites for hydroxylation is 3. The first kappa shape index (κ1) is 24.7. The number of amides is 2. The number of benzene rings is 3. The van der Waals surface area contributed by atoms with E-state index in [4.69, 9.17) is 5.10 Å². The Bertz CT molecular complexity index is 1650. The number of hydrogen-bond donors (Lipinski definition) is 1. The van der Waals surface area contributed by atoms with Crippen molar-refractivity contribution in [1.82, 2.24) is 19.2 Å². The average molecular weight is 520 g/mol. The third-order valence-corrected chi connectivity index (χ3v) is 7.51. The Balaban J connectivity index is 1.54. The summed E-state index contributed by atoms with van der Waals surface area (Å²) in [6, 6.07) is 25.7. The van der Waals surface area contributed by atoms with Gasteiger partial charge in [-0.3, -0.25) is 0 Å². The van der Waals surface area contributed by atoms with E-state index in [-0.39, 0.29) is 11.8 Å². The van der Waals surface area contributed by atoms with Crippen LogP contribution in [-0.4, -0.2) is 25.3 Å². The van der Waals surface area contributed by atoms with Crippen molar-refractivity contribution in [3.63, 3.8) is 0 Å². The van der Waals surface area contributed by atoms with Crippen LogP contribution in [0.2, 0.25) is 0 Å². The number of halogens is 1. The van der Waals surface area contributed by atoms with Gasteiger partial charge in [-0.1, -0.05) is 43.3 Å². The normalized spacial score (nSPS) is 14.5. The third kappa shape index (κ3) is 4.40. The summed E-state index contributed by atoms with van der Waals surface area (Å²) in [5, 5.41) is 8.12. The summed E-state index contributed by atoms with van der Waals surface area (Å²) < 4.78 is 18.1. The molecule has 2 amide bonds. The van der Waals surface area contributed by atoms with E-state index in [0.29, 0.717) is 13.0 Å². The number of nitrogens with one attached hydrogen (secondary N) is 1. The van der Waals surface area contributed by atoms with Crippen LogP contribution in [0.4, 0.5) is 14.9 Å². The summed E-state index contributed by atoms with van der Waals surface area (Å²) in [5.41, 5.74) is 7.58. The number of urea groups is 1. The minimum absolute atomic E-state index is 0.234. The van der Waals surface area contributed by atoms with Gasteiger partial charge in [0.1, 0.15) is 11.6 Å². The first-order valence-corrected chi connectivity index (χ1v) is 13.2. The smallest absolute Gasteiger partial charge is 0.308 e. The molecule has 0 saturated heterocycles. The molecule has 1 N–H and O–H groups in total. The van der Waals surface area contributed by atoms with Crippen molar-refractivity contribution >= 4 is 11.7 Å². The SMILES string of the molecule is CCc1nn(-c2ccccc2)c2c1CN(C(=O)Nc1ccc(C)c(C)c1)C(c1ccc(F)cc1)c1cccn1-2. The van der Waals surface area contributed by atoms with Crippen molar-refractivity contribution in [3.8, 4) is 11.5 Å². The van der Waals surface area contributed by atoms with E-state index < -0.39 is 6.04 Å². The van der Waals surface area contributed by atoms with Crippen LogP contribution in [0.25, 0.3) is 11.5 Å². The van der Waals surface area contributed by atoms with Gasteiger partial charge in [-0.05, 0) is 85.5 Å². The lowest BCUT2D eigenvalue weighted by Gasteiger charge is -2.31. The second-order valence-electron chi connectivity index (χ2n) is 9.96. The summed E-state index contributed by atoms with van der Waals surface area (Å²) in [7, 11) is 0. The predicted octanol–water partition coefficient (Wildman–Crippen LogP) is 7.12. The number of aromatic nitrogens is 3. The lowest BCUT2D eigenvalue weighted by atomic mass is 10.0. The van der Waals surface area contributed by atoms with Crippen LogP contribution < -0.4 is 5.32 Å². The standard InChI is InChI=1S/C32H30FN5O/c1-4-28-27-20-37(32(39)34-25-17-12-21(2)22(3)19-25)30(23-13-15-24(33)16-14-23)29-11-8-18-36(29)31(27)38(35-28)26-9-6-5-7-10-26/h5-19,30H,4,20H2,1-3H3,(H,34,39). The van der Waals surface area contributed by atoms with Gasteiger partial charge < -0.3 is 14.8 Å². The largest absolute Gasteiger partial charge is 0.322 e. The van der Waals surface area contributed by atoms with E-state index in [2.05, 4.69) is 16.8 Å². The predicted molar refractivity (Wildman–Crippen MR) is 151 cm³/mol. The van der Waals surface area contributed by atoms with Gasteiger partial charge in [-0.25, -0.2) is 13.9 Å². The highest BCUT2D eigenvalue weighted by atomic mass is 19.1. The third-order valence-electron chi connectivity index (χ3n) is 7.51. The molecule has 1 aliphatic rings. The maximum atomic E-state index is 14.1. The Morgan fingerprint density at radius 3 is 2.46 bits per heavy atom. The molecule has 0 aliphatic carbocycles. The van der Waals surface area contributed by atoms with Crippen LogP contribution in [-0.2, 0) is 13.0 Å². The Morgan fingerprint density at radius 2 is 1.74 bits per heavy atom. The zero-order chi connectivity index (χ0) is 27.1. The molecule has 5 aromatic rings. The molecule has 6 rings (SSSR count). The van der Waals surface area contributed by atoms with Gasteiger partial charge in [0.25, 0.3) is 0 Å². The molecule has 2 aromatic heterocycles. The first-order valence-electron chi connectivity index (χ1n) is 13.2. The molecule has 7 heteroatoms. The molecule has 1 unspecified atom stereocenters. The summed E-state index contributed by atoms with van der Waals surface area (Å²) in [5.74, 6) is 0.594. The van der Waals surface area contributed by atoms with Crippen LogP contribution >= 0.6 is 0 Å². The van der Waals surface area contributed by atoms with Crippen molar-refractivity contribution in [3.05, 3.63) is 131 Å². The molecule has 0 saturated carbocycles. The van der Waals surface area contributed by atoms with E-state index in [1.54, 1.807) is 12.1 Å². The summed E-state index contributed by atoms with van der Waals surface area (Å²) >= 11 is 0. The first-order chi connectivity index (χ1) is 18.9. The van der Waals surface area contributed by atoms with Gasteiger partial charge in [0, 0.05) is 17.4 Å². The molecule has 3 aromatic carbocycles. The zero-order valence-electron chi connectivity index (χ0n) is 22.2. The van der Waals surface area contributed by atoms with Gasteiger partial charge in [-0.2, -0.15) is 5.10 Å². The lowest BCUT2D eigenvalue weighted by Crippen LogP contribution is -2.38. The van der Waals surface area contributed by atoms with Crippen molar-refractivity contribution in [1.29, 1.82) is 0 Å². The molecule has 0 spiro atoms. The van der Waals surface area contributed by atoms with Gasteiger partial charge in [-0.15, -0.1) is 0 Å². The Morgan fingerprint density at radius 1 is 0.974 bits per heavy atom. The molecular formula is C32H30FN5O. The molecule has 1 atom stereocenters. The average Bonchev–Trinajstić information content (AvgIpc) is 3.53. The molecule has 3 heterocycles. The maximum Gasteiger partial charge on any atom is 0.322 e. The van der Waals surface area contributed by atoms with Crippen LogP contribution in [0.3, 0.4) is 0 Å². The number of rotatable bonds is 4. The number of nitrogens with zero attached hydrogens (tertiary/aromatic N) is 4. The monoisotopic (exact) mass is 519 g/mol. The summed E-state index contributed by atoms with van der Waals surface area (Å²) in [4.78, 5) is 15.9. The topological polar surface area (TPSA) is 55.1 Å². The zero-order valence-corrected chi connectivity index (χ0v) is 22.2. The molecule has 0 fully saturated rings. The van der Waals surface area contributed by atoms with Crippen LogP contribution in [0.1, 0.15) is 46.6 Å². The van der Waals surface area contributed by atoms with Gasteiger partial charge in [0.2, 0.25) is 0 Å². The number of fused-ring (bicyclic) bond motifs is 3. The minimum atomic E-state index is -0.450. The second-order valence-corrected chi connectivity index (χ2v) is 9.96. The van der Waals surface area contributed by atoms with Gasteiger partial charge >= 0.3 is 6.03 Å². The highest BCUT2D eigenvalue weighted by Crippen LogP contribution is 2.39. The quantitative estimate of drug-likeness (QED) is 0.275. The highest BCUT2D eigenvalue weighted by Gasteiger charge is 2.36. The molecule has 6 nitrogen and oxygen atoms in total. The van der Waals surface area contributed by atoms with Crippen LogP contribution in [0.15, 0.2) is 91.1 Å². The van der Waals surface area contributed by atoms with E-state index in [9.17, 15) is 9.18 Å². The van der Waals surface area contributed by atoms with Gasteiger partial charge in [0.15, 0.2) is 0 Å². The Kier molecular flexibility index (Phi) is 6.27. The van der Waals surface area contributed by atoms with Crippen molar-refractivity contribution in [2.24, 2.45) is 0 Å². The molecule has 0 radical (unpaired) electrons. The van der Waals surface area contributed by atoms with E-state index in [0.717, 1.165) is 50.8 Å². The Labute approximate surface area is 227 Å². The number of para-hydroxylation sites is 1. The van der Waals surface area contributed by atoms with Crippen molar-refractivity contribution in [2.75, 3.05) is 5.32 Å². The van der Waals surface area contributed by atoms with E-state index in [1.807, 2.05) is 90.3 Å². The molecule has 1 aliphatic heterocycles. The number of carbonyl (C=O) groups is 1. The highest BCUT2D eigenvalue weighted by molar-refractivity contribution is 5.90. The lowest BCUT2D eigenvalue weighted by molar-refractivity contribution is 0.194. The van der Waals surface area contributed by atoms with E-state index >= 15 is 0 Å². The molecule has 0 bridgehead atoms. The number of carbonyl (C=O) groups excluding carboxylic acids is 1. The number of anilines is 1. The van der Waals surface area contributed by atoms with E-state index in [1.165, 1.54) is 12.1 Å². The fourth-order valence-corrected chi connectivity index (χ4v) is 5.36. The number of hydrogen-bond acceptors (Lipinski definition) is 2. The van der Waals surface area contributed by atoms with Gasteiger partial charge in [0.05, 0.1) is 29.7 Å². The van der Waals surface area contributed by atoms with Crippen molar-refractivity contribution in [2.45, 2.75) is 39.8 Å². The second kappa shape index (κ2) is 9.91. The fraction of sp³-hybridized carbons (Fsp3) is 0.188. The summed E-state index contributed by atoms with van der Waals surface area (Å²) in [6.45, 7) is 6.50. The minimum Gasteiger partial charge on any atom is -0.308 e. The van der Waals surface area contributed by atoms with Crippen LogP contribution in [0.5, 0.6) is 0 Å². The fourth-order valence-electron chi connectivity index (χ4n) is 5.36.